The molecule has 4 aliphatic rings. The molecule has 1 N–H and O–H groups in total. The van der Waals surface area contributed by atoms with E-state index in [4.69, 9.17) is 32.7 Å². The van der Waals surface area contributed by atoms with Crippen molar-refractivity contribution in [3.05, 3.63) is 57.6 Å². The number of hydrogen-bond acceptors (Lipinski definition) is 3. The minimum Gasteiger partial charge on any atom is -0.493 e. The van der Waals surface area contributed by atoms with Crippen LogP contribution in [0.3, 0.4) is 0 Å². The largest absolute Gasteiger partial charge is 0.493 e. The van der Waals surface area contributed by atoms with Gasteiger partial charge in [0, 0.05) is 27.7 Å². The summed E-state index contributed by atoms with van der Waals surface area (Å²) in [6.45, 7) is 6.19. The average Bonchev–Trinajstić information content (AvgIpc) is 2.70. The summed E-state index contributed by atoms with van der Waals surface area (Å²) in [7, 11) is 1.68. The fourth-order valence-corrected chi connectivity index (χ4v) is 8.20. The van der Waals surface area contributed by atoms with Gasteiger partial charge in [-0.25, -0.2) is 0 Å². The Kier molecular flexibility index (Phi) is 5.67. The molecule has 0 amide bonds. The van der Waals surface area contributed by atoms with Crippen LogP contribution in [-0.2, 0) is 13.2 Å². The highest BCUT2D eigenvalue weighted by molar-refractivity contribution is 6.35. The smallest absolute Gasteiger partial charge is 0.161 e. The van der Waals surface area contributed by atoms with Crippen molar-refractivity contribution < 1.29 is 9.47 Å². The Balaban J connectivity index is 1.28. The van der Waals surface area contributed by atoms with Gasteiger partial charge in [0.05, 0.1) is 7.11 Å². The summed E-state index contributed by atoms with van der Waals surface area (Å²) >= 11 is 12.6. The Hall–Kier alpha value is -1.42. The Labute approximate surface area is 201 Å². The van der Waals surface area contributed by atoms with Crippen LogP contribution in [0.25, 0.3) is 0 Å². The highest BCUT2D eigenvalue weighted by atomic mass is 35.5. The van der Waals surface area contributed by atoms with Gasteiger partial charge >= 0.3 is 0 Å². The van der Waals surface area contributed by atoms with Gasteiger partial charge in [-0.3, -0.25) is 0 Å². The second kappa shape index (κ2) is 8.11. The number of rotatable bonds is 7. The third-order valence-corrected chi connectivity index (χ3v) is 8.66. The lowest BCUT2D eigenvalue weighted by Crippen LogP contribution is -2.63. The number of halogens is 2. The second-order valence-electron chi connectivity index (χ2n) is 11.2. The number of nitrogens with one attached hydrogen (secondary N) is 1. The molecule has 2 aromatic rings. The minimum absolute atomic E-state index is 0.284. The van der Waals surface area contributed by atoms with Crippen molar-refractivity contribution >= 4 is 23.2 Å². The van der Waals surface area contributed by atoms with Gasteiger partial charge in [0.25, 0.3) is 0 Å². The molecule has 4 saturated carbocycles. The van der Waals surface area contributed by atoms with E-state index in [0.717, 1.165) is 23.8 Å². The van der Waals surface area contributed by atoms with E-state index in [2.05, 4.69) is 31.3 Å². The summed E-state index contributed by atoms with van der Waals surface area (Å²) < 4.78 is 11.7. The molecule has 2 atom stereocenters. The maximum Gasteiger partial charge on any atom is 0.161 e. The lowest BCUT2D eigenvalue weighted by molar-refractivity contribution is -0.118. The van der Waals surface area contributed by atoms with Crippen LogP contribution in [0.1, 0.15) is 63.5 Å². The molecule has 5 heteroatoms. The normalized spacial score (nSPS) is 32.8. The first-order valence-corrected chi connectivity index (χ1v) is 12.4. The van der Waals surface area contributed by atoms with Crippen LogP contribution in [0.15, 0.2) is 36.4 Å². The predicted octanol–water partition coefficient (Wildman–Crippen LogP) is 7.42. The molecule has 0 saturated heterocycles. The Morgan fingerprint density at radius 2 is 1.62 bits per heavy atom. The third kappa shape index (κ3) is 4.24. The highest BCUT2D eigenvalue weighted by Gasteiger charge is 2.59. The third-order valence-electron chi connectivity index (χ3n) is 7.96. The van der Waals surface area contributed by atoms with Gasteiger partial charge in [0.15, 0.2) is 11.5 Å². The van der Waals surface area contributed by atoms with Crippen molar-refractivity contribution in [2.75, 3.05) is 7.11 Å². The SMILES string of the molecule is COc1cc(CNC23CC4CC(C)(CC(C)(C4)C2)C3)ccc1OCc1c(Cl)cccc1Cl. The molecule has 0 aliphatic heterocycles. The van der Waals surface area contributed by atoms with Crippen LogP contribution in [0, 0.1) is 16.7 Å². The van der Waals surface area contributed by atoms with Gasteiger partial charge in [-0.15, -0.1) is 0 Å². The van der Waals surface area contributed by atoms with Gasteiger partial charge in [-0.05, 0) is 85.1 Å². The van der Waals surface area contributed by atoms with Crippen molar-refractivity contribution in [2.24, 2.45) is 16.7 Å². The molecule has 2 unspecified atom stereocenters. The summed E-state index contributed by atoms with van der Waals surface area (Å²) in [5, 5.41) is 5.22. The summed E-state index contributed by atoms with van der Waals surface area (Å²) in [6.07, 6.45) is 8.18. The molecule has 3 nitrogen and oxygen atoms in total. The summed E-state index contributed by atoms with van der Waals surface area (Å²) in [4.78, 5) is 0. The van der Waals surface area contributed by atoms with Crippen LogP contribution in [0.4, 0.5) is 0 Å². The summed E-state index contributed by atoms with van der Waals surface area (Å²) in [5.74, 6) is 2.31. The monoisotopic (exact) mass is 473 g/mol. The van der Waals surface area contributed by atoms with Gasteiger partial charge in [0.1, 0.15) is 6.61 Å². The first kappa shape index (κ1) is 22.4. The van der Waals surface area contributed by atoms with Crippen LogP contribution >= 0.6 is 23.2 Å². The molecule has 0 spiro atoms. The first-order valence-electron chi connectivity index (χ1n) is 11.7. The molecule has 4 aliphatic carbocycles. The highest BCUT2D eigenvalue weighted by Crippen LogP contribution is 2.66. The summed E-state index contributed by atoms with van der Waals surface area (Å²) in [6, 6.07) is 11.7. The second-order valence-corrected chi connectivity index (χ2v) is 12.1. The average molecular weight is 474 g/mol. The van der Waals surface area contributed by atoms with Crippen molar-refractivity contribution in [3.8, 4) is 11.5 Å². The van der Waals surface area contributed by atoms with Crippen molar-refractivity contribution in [1.82, 2.24) is 5.32 Å². The van der Waals surface area contributed by atoms with E-state index in [-0.39, 0.29) is 5.54 Å². The van der Waals surface area contributed by atoms with E-state index in [0.29, 0.717) is 33.2 Å². The molecule has 0 radical (unpaired) electrons. The van der Waals surface area contributed by atoms with E-state index in [1.165, 1.54) is 44.1 Å². The van der Waals surface area contributed by atoms with Crippen LogP contribution in [0.2, 0.25) is 10.0 Å². The van der Waals surface area contributed by atoms with E-state index >= 15 is 0 Å². The van der Waals surface area contributed by atoms with E-state index in [1.807, 2.05) is 24.3 Å². The first-order chi connectivity index (χ1) is 15.2. The van der Waals surface area contributed by atoms with Gasteiger partial charge in [-0.1, -0.05) is 49.2 Å². The topological polar surface area (TPSA) is 30.5 Å². The van der Waals surface area contributed by atoms with Gasteiger partial charge in [-0.2, -0.15) is 0 Å². The lowest BCUT2D eigenvalue weighted by atomic mass is 9.43. The van der Waals surface area contributed by atoms with Crippen molar-refractivity contribution in [2.45, 2.75) is 71.1 Å². The fourth-order valence-electron chi connectivity index (χ4n) is 7.70. The zero-order valence-electron chi connectivity index (χ0n) is 19.3. The molecule has 6 rings (SSSR count). The number of hydrogen-bond donors (Lipinski definition) is 1. The number of benzene rings is 2. The van der Waals surface area contributed by atoms with Crippen LogP contribution in [0.5, 0.6) is 11.5 Å². The fraction of sp³-hybridized carbons (Fsp3) is 0.556. The zero-order valence-corrected chi connectivity index (χ0v) is 20.8. The molecular weight excluding hydrogens is 441 g/mol. The van der Waals surface area contributed by atoms with Gasteiger partial charge in [0.2, 0.25) is 0 Å². The minimum atomic E-state index is 0.284. The predicted molar refractivity (Wildman–Crippen MR) is 131 cm³/mol. The Bertz CT molecular complexity index is 984. The molecule has 4 bridgehead atoms. The molecule has 2 aromatic carbocycles. The quantitative estimate of drug-likeness (QED) is 0.453. The maximum atomic E-state index is 6.28. The number of ether oxygens (including phenoxy) is 2. The zero-order chi connectivity index (χ0) is 22.6. The van der Waals surface area contributed by atoms with Crippen LogP contribution in [-0.4, -0.2) is 12.6 Å². The molecule has 0 heterocycles. The van der Waals surface area contributed by atoms with Crippen molar-refractivity contribution in [1.29, 1.82) is 0 Å². The molecule has 4 fully saturated rings. The van der Waals surface area contributed by atoms with E-state index in [9.17, 15) is 0 Å². The van der Waals surface area contributed by atoms with E-state index in [1.54, 1.807) is 7.11 Å². The van der Waals surface area contributed by atoms with Gasteiger partial charge < -0.3 is 14.8 Å². The Morgan fingerprint density at radius 3 is 2.25 bits per heavy atom. The molecule has 172 valence electrons. The molecule has 0 aromatic heterocycles. The van der Waals surface area contributed by atoms with E-state index < -0.39 is 0 Å². The summed E-state index contributed by atoms with van der Waals surface area (Å²) in [5.41, 5.74) is 3.31. The van der Waals surface area contributed by atoms with Crippen molar-refractivity contribution in [3.63, 3.8) is 0 Å². The van der Waals surface area contributed by atoms with Crippen LogP contribution < -0.4 is 14.8 Å². The number of methoxy groups -OCH3 is 1. The molecule has 32 heavy (non-hydrogen) atoms. The Morgan fingerprint density at radius 1 is 0.938 bits per heavy atom. The molecular formula is C27H33Cl2NO2. The standard InChI is InChI=1S/C27H33Cl2NO2/c1-25-10-19-11-26(2,15-25)17-27(12-19,16-25)30-13-18-7-8-23(24(9-18)31-3)32-14-20-21(28)5-4-6-22(20)29/h4-9,19,30H,10-17H2,1-3H3. The lowest BCUT2D eigenvalue weighted by Gasteiger charge is -2.65. The maximum absolute atomic E-state index is 6.28.